The molecule has 0 unspecified atom stereocenters. The van der Waals surface area contributed by atoms with E-state index in [0.29, 0.717) is 43.2 Å². The number of aromatic amines is 1. The molecule has 0 spiro atoms. The first-order chi connectivity index (χ1) is 18.5. The Morgan fingerprint density at radius 2 is 1.79 bits per heavy atom. The Kier molecular flexibility index (Phi) is 7.47. The van der Waals surface area contributed by atoms with Crippen LogP contribution in [0.15, 0.2) is 35.1 Å². The number of aryl methyl sites for hydroxylation is 2. The Hall–Kier alpha value is -2.95. The van der Waals surface area contributed by atoms with E-state index in [0.717, 1.165) is 40.7 Å². The molecule has 2 aromatic heterocycles. The number of nitrogens with one attached hydrogen (secondary N) is 2. The van der Waals surface area contributed by atoms with Gasteiger partial charge < -0.3 is 19.8 Å². The second-order valence-electron chi connectivity index (χ2n) is 11.3. The monoisotopic (exact) mass is 553 g/mol. The largest absolute Gasteiger partial charge is 0.348 e. The summed E-state index contributed by atoms with van der Waals surface area (Å²) in [6.45, 7) is 10.3. The Morgan fingerprint density at radius 1 is 1.13 bits per heavy atom. The molecule has 2 N–H and O–H groups in total. The van der Waals surface area contributed by atoms with Crippen LogP contribution in [0, 0.1) is 26.7 Å². The van der Waals surface area contributed by atoms with E-state index in [1.807, 2.05) is 63.1 Å². The van der Waals surface area contributed by atoms with E-state index in [9.17, 15) is 18.0 Å². The predicted octanol–water partition coefficient (Wildman–Crippen LogP) is 3.10. The molecule has 2 fully saturated rings. The van der Waals surface area contributed by atoms with Crippen molar-refractivity contribution in [2.24, 2.45) is 5.92 Å². The van der Waals surface area contributed by atoms with Gasteiger partial charge in [-0.2, -0.15) is 0 Å². The van der Waals surface area contributed by atoms with Crippen molar-refractivity contribution in [3.8, 4) is 0 Å². The summed E-state index contributed by atoms with van der Waals surface area (Å²) in [5, 5.41) is 3.57. The van der Waals surface area contributed by atoms with Crippen LogP contribution in [-0.4, -0.2) is 71.6 Å². The van der Waals surface area contributed by atoms with E-state index in [2.05, 4.69) is 21.8 Å². The van der Waals surface area contributed by atoms with E-state index in [1.165, 1.54) is 0 Å². The van der Waals surface area contributed by atoms with E-state index >= 15 is 0 Å². The maximum Gasteiger partial charge on any atom is 0.254 e. The maximum absolute atomic E-state index is 13.5. The molecule has 0 aliphatic carbocycles. The molecule has 1 amide bonds. The normalized spacial score (nSPS) is 18.8. The highest BCUT2D eigenvalue weighted by Crippen LogP contribution is 2.36. The van der Waals surface area contributed by atoms with Crippen molar-refractivity contribution < 1.29 is 13.2 Å². The Balaban J connectivity index is 1.35. The van der Waals surface area contributed by atoms with Gasteiger partial charge in [0.15, 0.2) is 0 Å². The van der Waals surface area contributed by atoms with Gasteiger partial charge in [-0.1, -0.05) is 18.2 Å². The number of para-hydroxylation sites is 1. The summed E-state index contributed by atoms with van der Waals surface area (Å²) in [5.74, 6) is 0.0834. The maximum atomic E-state index is 13.5. The van der Waals surface area contributed by atoms with Crippen molar-refractivity contribution in [1.29, 1.82) is 0 Å². The number of hydrogen-bond acceptors (Lipinski definition) is 5. The number of pyridine rings is 1. The highest BCUT2D eigenvalue weighted by atomic mass is 32.2. The van der Waals surface area contributed by atoms with Gasteiger partial charge in [-0.3, -0.25) is 9.59 Å². The quantitative estimate of drug-likeness (QED) is 0.468. The van der Waals surface area contributed by atoms with Crippen molar-refractivity contribution in [3.63, 3.8) is 0 Å². The number of rotatable bonds is 7. The van der Waals surface area contributed by atoms with Crippen molar-refractivity contribution in [1.82, 2.24) is 24.1 Å². The molecule has 0 radical (unpaired) electrons. The molecule has 2 aliphatic heterocycles. The molecule has 0 saturated carbocycles. The summed E-state index contributed by atoms with van der Waals surface area (Å²) in [7, 11) is -1.31. The van der Waals surface area contributed by atoms with Crippen LogP contribution in [0.1, 0.15) is 58.7 Å². The molecule has 2 saturated heterocycles. The van der Waals surface area contributed by atoms with Gasteiger partial charge in [0.1, 0.15) is 5.25 Å². The van der Waals surface area contributed by atoms with Gasteiger partial charge in [-0.15, -0.1) is 0 Å². The molecular formula is C29H39N5O4S. The lowest BCUT2D eigenvalue weighted by molar-refractivity contribution is 0.0951. The second kappa shape index (κ2) is 10.6. The van der Waals surface area contributed by atoms with Crippen molar-refractivity contribution in [2.45, 2.75) is 58.4 Å². The molecule has 2 aliphatic rings. The third-order valence-corrected chi connectivity index (χ3v) is 10.9. The molecule has 39 heavy (non-hydrogen) atoms. The van der Waals surface area contributed by atoms with Crippen molar-refractivity contribution >= 4 is 26.8 Å². The first-order valence-corrected chi connectivity index (χ1v) is 15.2. The van der Waals surface area contributed by atoms with Crippen molar-refractivity contribution in [2.75, 3.05) is 33.2 Å². The van der Waals surface area contributed by atoms with Gasteiger partial charge >= 0.3 is 0 Å². The zero-order valence-corrected chi connectivity index (χ0v) is 24.3. The highest BCUT2D eigenvalue weighted by Gasteiger charge is 2.41. The minimum atomic E-state index is -3.25. The average Bonchev–Trinajstić information content (AvgIpc) is 3.17. The fourth-order valence-corrected chi connectivity index (χ4v) is 8.45. The van der Waals surface area contributed by atoms with Gasteiger partial charge in [-0.25, -0.2) is 12.7 Å². The van der Waals surface area contributed by atoms with Crippen LogP contribution in [0.5, 0.6) is 0 Å². The Labute approximate surface area is 230 Å². The van der Waals surface area contributed by atoms with Crippen LogP contribution in [0.3, 0.4) is 0 Å². The summed E-state index contributed by atoms with van der Waals surface area (Å²) in [4.78, 5) is 30.8. The number of sulfonamides is 1. The molecule has 10 heteroatoms. The van der Waals surface area contributed by atoms with E-state index in [1.54, 1.807) is 4.31 Å². The van der Waals surface area contributed by atoms with Gasteiger partial charge in [-0.05, 0) is 71.2 Å². The molecule has 5 rings (SSSR count). The number of carbonyl (C=O) groups is 1. The topological polar surface area (TPSA) is 108 Å². The SMILES string of the molecule is Cc1cc(C)c(CNC(=O)c2c(C)n([C@H](C)C3CCN(S(=O)(=O)C4CN(C)C4)CC3)c3ccccc23)c(=O)[nH]1. The van der Waals surface area contributed by atoms with Gasteiger partial charge in [0.25, 0.3) is 11.5 Å². The smallest absolute Gasteiger partial charge is 0.254 e. The lowest BCUT2D eigenvalue weighted by atomic mass is 9.91. The molecule has 0 bridgehead atoms. The van der Waals surface area contributed by atoms with Crippen LogP contribution in [0.4, 0.5) is 0 Å². The molecule has 3 aromatic rings. The summed E-state index contributed by atoms with van der Waals surface area (Å²) in [6.07, 6.45) is 1.57. The fraction of sp³-hybridized carbons (Fsp3) is 0.517. The first-order valence-electron chi connectivity index (χ1n) is 13.7. The van der Waals surface area contributed by atoms with Crippen LogP contribution >= 0.6 is 0 Å². The lowest BCUT2D eigenvalue weighted by Crippen LogP contribution is -2.57. The number of carbonyl (C=O) groups excluding carboxylic acids is 1. The number of hydrogen-bond donors (Lipinski definition) is 2. The standard InChI is InChI=1S/C29H39N5O4S/c1-18-14-19(2)31-28(35)25(18)15-30-29(36)27-21(4)34(26-9-7-6-8-24(26)27)20(3)22-10-12-33(13-11-22)39(37,38)23-16-32(5)17-23/h6-9,14,20,22-23H,10-13,15-17H2,1-5H3,(H,30,36)(H,31,35)/t20-/m1/s1. The number of fused-ring (bicyclic) bond motifs is 1. The summed E-state index contributed by atoms with van der Waals surface area (Å²) in [5.41, 5.74) is 4.50. The predicted molar refractivity (Wildman–Crippen MR) is 154 cm³/mol. The first kappa shape index (κ1) is 27.6. The van der Waals surface area contributed by atoms with Crippen molar-refractivity contribution in [3.05, 3.63) is 68.8 Å². The number of likely N-dealkylation sites (tertiary alicyclic amines) is 1. The number of nitrogens with zero attached hydrogens (tertiary/aromatic N) is 3. The fourth-order valence-electron chi connectivity index (χ4n) is 6.43. The summed E-state index contributed by atoms with van der Waals surface area (Å²) < 4.78 is 30.0. The third-order valence-electron chi connectivity index (χ3n) is 8.70. The summed E-state index contributed by atoms with van der Waals surface area (Å²) in [6, 6.07) is 9.92. The minimum Gasteiger partial charge on any atom is -0.348 e. The molecule has 1 atom stereocenters. The van der Waals surface area contributed by atoms with Gasteiger partial charge in [0.2, 0.25) is 10.0 Å². The van der Waals surface area contributed by atoms with Crippen LogP contribution in [0.2, 0.25) is 0 Å². The minimum absolute atomic E-state index is 0.0957. The van der Waals surface area contributed by atoms with Gasteiger partial charge in [0.05, 0.1) is 5.56 Å². The van der Waals surface area contributed by atoms with E-state index < -0.39 is 10.0 Å². The molecule has 9 nitrogen and oxygen atoms in total. The lowest BCUT2D eigenvalue weighted by Gasteiger charge is -2.41. The zero-order chi connectivity index (χ0) is 28.1. The summed E-state index contributed by atoms with van der Waals surface area (Å²) >= 11 is 0. The number of piperidine rings is 1. The number of H-pyrrole nitrogens is 1. The average molecular weight is 554 g/mol. The van der Waals surface area contributed by atoms with E-state index in [-0.39, 0.29) is 29.3 Å². The third kappa shape index (κ3) is 5.05. The van der Waals surface area contributed by atoms with E-state index in [4.69, 9.17) is 0 Å². The second-order valence-corrected chi connectivity index (χ2v) is 13.6. The van der Waals surface area contributed by atoms with Gasteiger partial charge in [0, 0.05) is 66.6 Å². The number of amides is 1. The molecule has 1 aromatic carbocycles. The molecular weight excluding hydrogens is 514 g/mol. The molecule has 210 valence electrons. The van der Waals surface area contributed by atoms with Crippen LogP contribution in [-0.2, 0) is 16.6 Å². The van der Waals surface area contributed by atoms with Crippen LogP contribution in [0.25, 0.3) is 10.9 Å². The zero-order valence-electron chi connectivity index (χ0n) is 23.5. The van der Waals surface area contributed by atoms with Crippen LogP contribution < -0.4 is 10.9 Å². The Bertz CT molecular complexity index is 1560. The highest BCUT2D eigenvalue weighted by molar-refractivity contribution is 7.89. The number of aromatic nitrogens is 2. The Morgan fingerprint density at radius 3 is 2.44 bits per heavy atom. The number of benzene rings is 1. The molecule has 4 heterocycles.